The number of benzene rings is 2. The van der Waals surface area contributed by atoms with E-state index in [9.17, 15) is 14.4 Å². The van der Waals surface area contributed by atoms with Gasteiger partial charge < -0.3 is 20.3 Å². The van der Waals surface area contributed by atoms with Gasteiger partial charge in [-0.1, -0.05) is 26.0 Å². The molecule has 1 atom stereocenters. The number of amides is 3. The van der Waals surface area contributed by atoms with E-state index >= 15 is 0 Å². The van der Waals surface area contributed by atoms with Gasteiger partial charge in [-0.15, -0.1) is 0 Å². The third kappa shape index (κ3) is 5.42. The van der Waals surface area contributed by atoms with E-state index in [-0.39, 0.29) is 17.7 Å². The van der Waals surface area contributed by atoms with Crippen LogP contribution in [0.3, 0.4) is 0 Å². The lowest BCUT2D eigenvalue weighted by molar-refractivity contribution is -0.133. The number of carbonyl (C=O) groups is 3. The standard InChI is InChI=1S/C24H29N3O4/c1-16(2)21(24(30)27-14-6-7-15-27)26-23(29)19-8-4-5-9-20(19)25-22(28)17-10-12-18(31-3)13-11-17/h4-5,8-13,16,21H,6-7,14-15H2,1-3H3,(H,25,28)(H,26,29)/t21-/m0/s1. The first-order valence-electron chi connectivity index (χ1n) is 10.5. The third-order valence-electron chi connectivity index (χ3n) is 5.41. The highest BCUT2D eigenvalue weighted by Gasteiger charge is 2.30. The maximum Gasteiger partial charge on any atom is 0.255 e. The Kier molecular flexibility index (Phi) is 7.28. The third-order valence-corrected chi connectivity index (χ3v) is 5.41. The van der Waals surface area contributed by atoms with Gasteiger partial charge in [-0.3, -0.25) is 14.4 Å². The van der Waals surface area contributed by atoms with Gasteiger partial charge in [-0.25, -0.2) is 0 Å². The summed E-state index contributed by atoms with van der Waals surface area (Å²) in [7, 11) is 1.56. The highest BCUT2D eigenvalue weighted by Crippen LogP contribution is 2.19. The van der Waals surface area contributed by atoms with Crippen molar-refractivity contribution in [3.05, 3.63) is 59.7 Å². The van der Waals surface area contributed by atoms with E-state index in [4.69, 9.17) is 4.74 Å². The van der Waals surface area contributed by atoms with Crippen LogP contribution in [0.25, 0.3) is 0 Å². The highest BCUT2D eigenvalue weighted by atomic mass is 16.5. The maximum absolute atomic E-state index is 13.1. The molecule has 0 unspecified atom stereocenters. The lowest BCUT2D eigenvalue weighted by atomic mass is 10.0. The van der Waals surface area contributed by atoms with Gasteiger partial charge in [0.05, 0.1) is 18.4 Å². The molecule has 2 aromatic rings. The number of ether oxygens (including phenoxy) is 1. The van der Waals surface area contributed by atoms with E-state index < -0.39 is 11.9 Å². The van der Waals surface area contributed by atoms with Gasteiger partial charge in [0.15, 0.2) is 0 Å². The molecule has 3 rings (SSSR count). The fourth-order valence-electron chi connectivity index (χ4n) is 3.59. The number of nitrogens with one attached hydrogen (secondary N) is 2. The van der Waals surface area contributed by atoms with Crippen molar-refractivity contribution in [1.29, 1.82) is 0 Å². The lowest BCUT2D eigenvalue weighted by Gasteiger charge is -2.27. The van der Waals surface area contributed by atoms with Crippen molar-refractivity contribution in [3.63, 3.8) is 0 Å². The first kappa shape index (κ1) is 22.3. The van der Waals surface area contributed by atoms with Gasteiger partial charge in [-0.2, -0.15) is 0 Å². The van der Waals surface area contributed by atoms with Crippen LogP contribution >= 0.6 is 0 Å². The molecule has 0 aliphatic carbocycles. The minimum Gasteiger partial charge on any atom is -0.497 e. The zero-order valence-electron chi connectivity index (χ0n) is 18.2. The molecule has 0 aromatic heterocycles. The molecule has 1 fully saturated rings. The number of carbonyl (C=O) groups excluding carboxylic acids is 3. The minimum absolute atomic E-state index is 0.0550. The molecule has 0 saturated carbocycles. The first-order chi connectivity index (χ1) is 14.9. The maximum atomic E-state index is 13.1. The molecule has 1 heterocycles. The van der Waals surface area contributed by atoms with Crippen LogP contribution in [0.15, 0.2) is 48.5 Å². The molecule has 2 N–H and O–H groups in total. The second kappa shape index (κ2) is 10.1. The van der Waals surface area contributed by atoms with Crippen LogP contribution in [0.2, 0.25) is 0 Å². The Morgan fingerprint density at radius 2 is 1.58 bits per heavy atom. The van der Waals surface area contributed by atoms with Crippen molar-refractivity contribution in [2.75, 3.05) is 25.5 Å². The smallest absolute Gasteiger partial charge is 0.255 e. The first-order valence-corrected chi connectivity index (χ1v) is 10.5. The predicted octanol–water partition coefficient (Wildman–Crippen LogP) is 3.32. The Bertz CT molecular complexity index is 934. The quantitative estimate of drug-likeness (QED) is 0.715. The van der Waals surface area contributed by atoms with E-state index in [1.165, 1.54) is 0 Å². The molecule has 7 nitrogen and oxygen atoms in total. The van der Waals surface area contributed by atoms with E-state index in [2.05, 4.69) is 10.6 Å². The van der Waals surface area contributed by atoms with Crippen molar-refractivity contribution < 1.29 is 19.1 Å². The van der Waals surface area contributed by atoms with E-state index in [1.807, 2.05) is 18.7 Å². The largest absolute Gasteiger partial charge is 0.497 e. The van der Waals surface area contributed by atoms with Crippen molar-refractivity contribution in [2.24, 2.45) is 5.92 Å². The summed E-state index contributed by atoms with van der Waals surface area (Å²) in [4.78, 5) is 40.4. The zero-order chi connectivity index (χ0) is 22.4. The van der Waals surface area contributed by atoms with Crippen LogP contribution in [0, 0.1) is 5.92 Å². The van der Waals surface area contributed by atoms with E-state index in [1.54, 1.807) is 55.6 Å². The summed E-state index contributed by atoms with van der Waals surface area (Å²) in [6.07, 6.45) is 1.98. The van der Waals surface area contributed by atoms with Crippen LogP contribution in [-0.4, -0.2) is 48.9 Å². The number of methoxy groups -OCH3 is 1. The number of nitrogens with zero attached hydrogens (tertiary/aromatic N) is 1. The Balaban J connectivity index is 1.75. The minimum atomic E-state index is -0.615. The topological polar surface area (TPSA) is 87.7 Å². The fourth-order valence-corrected chi connectivity index (χ4v) is 3.59. The molecule has 0 radical (unpaired) electrons. The summed E-state index contributed by atoms with van der Waals surface area (Å²) in [6, 6.07) is 12.9. The normalized spacial score (nSPS) is 14.3. The lowest BCUT2D eigenvalue weighted by Crippen LogP contribution is -2.50. The van der Waals surface area contributed by atoms with E-state index in [0.29, 0.717) is 22.6 Å². The number of hydrogen-bond donors (Lipinski definition) is 2. The van der Waals surface area contributed by atoms with Crippen molar-refractivity contribution in [1.82, 2.24) is 10.2 Å². The second-order valence-corrected chi connectivity index (χ2v) is 7.96. The molecule has 1 aliphatic heterocycles. The monoisotopic (exact) mass is 423 g/mol. The van der Waals surface area contributed by atoms with E-state index in [0.717, 1.165) is 25.9 Å². The number of anilines is 1. The van der Waals surface area contributed by atoms with Crippen LogP contribution in [0.5, 0.6) is 5.75 Å². The molecular formula is C24H29N3O4. The predicted molar refractivity (Wildman–Crippen MR) is 119 cm³/mol. The highest BCUT2D eigenvalue weighted by molar-refractivity contribution is 6.09. The average molecular weight is 424 g/mol. The van der Waals surface area contributed by atoms with Crippen molar-refractivity contribution >= 4 is 23.4 Å². The fraction of sp³-hybridized carbons (Fsp3) is 0.375. The molecule has 0 bridgehead atoms. The Morgan fingerprint density at radius 1 is 0.935 bits per heavy atom. The Hall–Kier alpha value is -3.35. The molecule has 1 saturated heterocycles. The van der Waals surface area contributed by atoms with Gasteiger partial charge >= 0.3 is 0 Å². The number of hydrogen-bond acceptors (Lipinski definition) is 4. The van der Waals surface area contributed by atoms with Gasteiger partial charge in [0.2, 0.25) is 5.91 Å². The number of para-hydroxylation sites is 1. The molecule has 2 aromatic carbocycles. The molecule has 0 spiro atoms. The summed E-state index contributed by atoms with van der Waals surface area (Å²) in [5, 5.41) is 5.68. The van der Waals surface area contributed by atoms with Crippen LogP contribution in [0.4, 0.5) is 5.69 Å². The molecule has 7 heteroatoms. The Labute approximate surface area is 182 Å². The van der Waals surface area contributed by atoms with Crippen LogP contribution < -0.4 is 15.4 Å². The summed E-state index contributed by atoms with van der Waals surface area (Å²) in [5.41, 5.74) is 1.14. The molecule has 1 aliphatic rings. The molecular weight excluding hydrogens is 394 g/mol. The van der Waals surface area contributed by atoms with Crippen LogP contribution in [0.1, 0.15) is 47.4 Å². The molecule has 164 valence electrons. The number of rotatable bonds is 7. The van der Waals surface area contributed by atoms with Crippen LogP contribution in [-0.2, 0) is 4.79 Å². The SMILES string of the molecule is COc1ccc(C(=O)Nc2ccccc2C(=O)N[C@H](C(=O)N2CCCC2)C(C)C)cc1. The van der Waals surface area contributed by atoms with Gasteiger partial charge in [0.1, 0.15) is 11.8 Å². The summed E-state index contributed by atoms with van der Waals surface area (Å²) < 4.78 is 5.11. The van der Waals surface area contributed by atoms with Gasteiger partial charge in [0, 0.05) is 18.7 Å². The summed E-state index contributed by atoms with van der Waals surface area (Å²) in [5.74, 6) is -0.189. The summed E-state index contributed by atoms with van der Waals surface area (Å²) >= 11 is 0. The molecule has 31 heavy (non-hydrogen) atoms. The van der Waals surface area contributed by atoms with Crippen molar-refractivity contribution in [2.45, 2.75) is 32.7 Å². The second-order valence-electron chi connectivity index (χ2n) is 7.96. The van der Waals surface area contributed by atoms with Crippen molar-refractivity contribution in [3.8, 4) is 5.75 Å². The molecule has 3 amide bonds. The summed E-state index contributed by atoms with van der Waals surface area (Å²) in [6.45, 7) is 5.28. The van der Waals surface area contributed by atoms with Gasteiger partial charge in [0.25, 0.3) is 11.8 Å². The van der Waals surface area contributed by atoms with Gasteiger partial charge in [-0.05, 0) is 55.2 Å². The zero-order valence-corrected chi connectivity index (χ0v) is 18.2. The Morgan fingerprint density at radius 3 is 2.19 bits per heavy atom. The average Bonchev–Trinajstić information content (AvgIpc) is 3.32. The number of likely N-dealkylation sites (tertiary alicyclic amines) is 1.